The second-order valence-electron chi connectivity index (χ2n) is 4.17. The molecule has 1 N–H and O–H groups in total. The fraction of sp³-hybridized carbons (Fsp3) is 0.357. The Morgan fingerprint density at radius 3 is 2.95 bits per heavy atom. The number of hydrogen-bond donors (Lipinski definition) is 1. The first-order valence-electron chi connectivity index (χ1n) is 6.27. The van der Waals surface area contributed by atoms with E-state index in [0.29, 0.717) is 6.04 Å². The van der Waals surface area contributed by atoms with Gasteiger partial charge in [-0.05, 0) is 25.1 Å². The van der Waals surface area contributed by atoms with E-state index in [4.69, 9.17) is 0 Å². The number of aromatic nitrogens is 1. The summed E-state index contributed by atoms with van der Waals surface area (Å²) in [5.74, 6) is 0.715. The highest BCUT2D eigenvalue weighted by molar-refractivity contribution is 7.99. The molecule has 0 bridgehead atoms. The van der Waals surface area contributed by atoms with Crippen LogP contribution in [0.4, 0.5) is 4.39 Å². The van der Waals surface area contributed by atoms with Gasteiger partial charge in [0.05, 0.1) is 5.51 Å². The monoisotopic (exact) mass is 296 g/mol. The molecule has 102 valence electrons. The molecule has 1 aromatic carbocycles. The van der Waals surface area contributed by atoms with E-state index in [1.54, 1.807) is 29.2 Å². The Hall–Kier alpha value is -0.910. The molecule has 0 radical (unpaired) electrons. The van der Waals surface area contributed by atoms with Crippen LogP contribution in [0.2, 0.25) is 0 Å². The maximum absolute atomic E-state index is 13.6. The van der Waals surface area contributed by atoms with Crippen molar-refractivity contribution < 1.29 is 4.39 Å². The van der Waals surface area contributed by atoms with Crippen molar-refractivity contribution in [2.45, 2.75) is 24.3 Å². The van der Waals surface area contributed by atoms with Crippen LogP contribution in [0, 0.1) is 5.82 Å². The van der Waals surface area contributed by atoms with E-state index in [9.17, 15) is 4.39 Å². The second-order valence-corrected chi connectivity index (χ2v) is 6.20. The highest BCUT2D eigenvalue weighted by Gasteiger charge is 2.11. The van der Waals surface area contributed by atoms with Crippen LogP contribution in [-0.4, -0.2) is 23.3 Å². The van der Waals surface area contributed by atoms with Crippen LogP contribution in [0.3, 0.4) is 0 Å². The number of thiazole rings is 1. The third-order valence-electron chi connectivity index (χ3n) is 2.70. The zero-order valence-electron chi connectivity index (χ0n) is 10.8. The van der Waals surface area contributed by atoms with E-state index in [1.165, 1.54) is 10.9 Å². The zero-order chi connectivity index (χ0) is 13.5. The van der Waals surface area contributed by atoms with Gasteiger partial charge in [-0.2, -0.15) is 0 Å². The minimum Gasteiger partial charge on any atom is -0.313 e. The Morgan fingerprint density at radius 2 is 2.26 bits per heavy atom. The molecule has 0 saturated heterocycles. The number of benzene rings is 1. The fourth-order valence-electron chi connectivity index (χ4n) is 1.82. The normalized spacial score (nSPS) is 12.5. The smallest absolute Gasteiger partial charge is 0.136 e. The number of nitrogens with one attached hydrogen (secondary N) is 1. The van der Waals surface area contributed by atoms with Crippen LogP contribution in [0.15, 0.2) is 40.9 Å². The van der Waals surface area contributed by atoms with Crippen molar-refractivity contribution in [2.75, 3.05) is 12.3 Å². The molecule has 1 heterocycles. The Labute approximate surface area is 121 Å². The Kier molecular flexibility index (Phi) is 5.82. The van der Waals surface area contributed by atoms with Crippen LogP contribution < -0.4 is 5.32 Å². The van der Waals surface area contributed by atoms with Crippen LogP contribution in [0.1, 0.15) is 11.8 Å². The lowest BCUT2D eigenvalue weighted by atomic mass is 10.2. The average molecular weight is 296 g/mol. The van der Waals surface area contributed by atoms with Gasteiger partial charge in [0.2, 0.25) is 0 Å². The number of hydrogen-bond acceptors (Lipinski definition) is 4. The molecule has 0 aliphatic heterocycles. The molecule has 19 heavy (non-hydrogen) atoms. The molecular formula is C14H17FN2S2. The highest BCUT2D eigenvalue weighted by Crippen LogP contribution is 2.23. The van der Waals surface area contributed by atoms with Gasteiger partial charge in [-0.25, -0.2) is 4.39 Å². The fourth-order valence-corrected chi connectivity index (χ4v) is 3.49. The van der Waals surface area contributed by atoms with E-state index >= 15 is 0 Å². The Morgan fingerprint density at radius 1 is 1.42 bits per heavy atom. The van der Waals surface area contributed by atoms with Crippen LogP contribution >= 0.6 is 23.1 Å². The largest absolute Gasteiger partial charge is 0.313 e. The summed E-state index contributed by atoms with van der Waals surface area (Å²) in [6, 6.07) is 7.27. The number of halogens is 1. The number of rotatable bonds is 7. The van der Waals surface area contributed by atoms with Gasteiger partial charge >= 0.3 is 0 Å². The number of nitrogens with zero attached hydrogens (tertiary/aromatic N) is 1. The van der Waals surface area contributed by atoms with Crippen molar-refractivity contribution in [3.8, 4) is 0 Å². The first-order chi connectivity index (χ1) is 9.29. The van der Waals surface area contributed by atoms with Crippen molar-refractivity contribution >= 4 is 23.1 Å². The maximum Gasteiger partial charge on any atom is 0.136 e. The minimum atomic E-state index is -0.138. The average Bonchev–Trinajstić information content (AvgIpc) is 2.91. The van der Waals surface area contributed by atoms with Gasteiger partial charge in [0.25, 0.3) is 0 Å². The first kappa shape index (κ1) is 14.5. The third kappa shape index (κ3) is 4.60. The molecule has 5 heteroatoms. The summed E-state index contributed by atoms with van der Waals surface area (Å²) in [6.07, 6.45) is 2.85. The molecule has 1 atom stereocenters. The summed E-state index contributed by atoms with van der Waals surface area (Å²) in [5, 5.41) is 3.45. The van der Waals surface area contributed by atoms with Crippen LogP contribution in [-0.2, 0) is 6.42 Å². The lowest BCUT2D eigenvalue weighted by Crippen LogP contribution is -2.33. The van der Waals surface area contributed by atoms with Crippen molar-refractivity contribution in [1.29, 1.82) is 0 Å². The van der Waals surface area contributed by atoms with Crippen LogP contribution in [0.25, 0.3) is 0 Å². The van der Waals surface area contributed by atoms with Gasteiger partial charge in [0, 0.05) is 27.8 Å². The van der Waals surface area contributed by atoms with Gasteiger partial charge in [-0.15, -0.1) is 23.1 Å². The standard InChI is InChI=1S/C14H17FN2S2/c1-2-17-11(7-12-8-16-10-19-12)9-18-14-6-4-3-5-13(14)15/h3-6,8,10-11,17H,2,7,9H2,1H3. The molecule has 0 amide bonds. The summed E-state index contributed by atoms with van der Waals surface area (Å²) >= 11 is 3.23. The van der Waals surface area contributed by atoms with Gasteiger partial charge < -0.3 is 5.32 Å². The van der Waals surface area contributed by atoms with Crippen molar-refractivity contribution in [3.05, 3.63) is 46.7 Å². The van der Waals surface area contributed by atoms with E-state index < -0.39 is 0 Å². The van der Waals surface area contributed by atoms with Gasteiger partial charge in [0.1, 0.15) is 5.82 Å². The second kappa shape index (κ2) is 7.62. The summed E-state index contributed by atoms with van der Waals surface area (Å²) in [7, 11) is 0. The zero-order valence-corrected chi connectivity index (χ0v) is 12.4. The summed E-state index contributed by atoms with van der Waals surface area (Å²) in [4.78, 5) is 6.07. The lowest BCUT2D eigenvalue weighted by molar-refractivity contribution is 0.573. The summed E-state index contributed by atoms with van der Waals surface area (Å²) < 4.78 is 13.6. The molecule has 0 fully saturated rings. The molecule has 0 aliphatic carbocycles. The first-order valence-corrected chi connectivity index (χ1v) is 8.14. The summed E-state index contributed by atoms with van der Waals surface area (Å²) in [5.41, 5.74) is 1.85. The molecule has 2 aromatic rings. The van der Waals surface area contributed by atoms with Crippen molar-refractivity contribution in [3.63, 3.8) is 0 Å². The topological polar surface area (TPSA) is 24.9 Å². The Balaban J connectivity index is 1.91. The quantitative estimate of drug-likeness (QED) is 0.790. The predicted octanol–water partition coefficient (Wildman–Crippen LogP) is 3.60. The maximum atomic E-state index is 13.6. The predicted molar refractivity (Wildman–Crippen MR) is 80.4 cm³/mol. The minimum absolute atomic E-state index is 0.138. The molecule has 0 aliphatic rings. The van der Waals surface area contributed by atoms with Crippen LogP contribution in [0.5, 0.6) is 0 Å². The van der Waals surface area contributed by atoms with Crippen molar-refractivity contribution in [2.24, 2.45) is 0 Å². The number of thioether (sulfide) groups is 1. The van der Waals surface area contributed by atoms with E-state index in [-0.39, 0.29) is 5.82 Å². The molecule has 1 aromatic heterocycles. The van der Waals surface area contributed by atoms with Gasteiger partial charge in [-0.1, -0.05) is 19.1 Å². The van der Waals surface area contributed by atoms with E-state index in [0.717, 1.165) is 23.6 Å². The molecule has 2 nitrogen and oxygen atoms in total. The highest BCUT2D eigenvalue weighted by atomic mass is 32.2. The third-order valence-corrected chi connectivity index (χ3v) is 4.71. The lowest BCUT2D eigenvalue weighted by Gasteiger charge is -2.16. The SMILES string of the molecule is CCNC(CSc1ccccc1F)Cc1cncs1. The molecule has 0 saturated carbocycles. The molecule has 2 rings (SSSR count). The van der Waals surface area contributed by atoms with E-state index in [1.807, 2.05) is 23.8 Å². The van der Waals surface area contributed by atoms with Crippen molar-refractivity contribution in [1.82, 2.24) is 10.3 Å². The summed E-state index contributed by atoms with van der Waals surface area (Å²) in [6.45, 7) is 3.01. The van der Waals surface area contributed by atoms with E-state index in [2.05, 4.69) is 17.2 Å². The molecule has 1 unspecified atom stereocenters. The Bertz CT molecular complexity index is 488. The number of likely N-dealkylation sites (N-methyl/N-ethyl adjacent to an activating group) is 1. The molecular weight excluding hydrogens is 279 g/mol. The van der Waals surface area contributed by atoms with Gasteiger partial charge in [-0.3, -0.25) is 4.98 Å². The molecule has 0 spiro atoms. The van der Waals surface area contributed by atoms with Gasteiger partial charge in [0.15, 0.2) is 0 Å².